The van der Waals surface area contributed by atoms with Crippen molar-refractivity contribution in [3.8, 4) is 0 Å². The van der Waals surface area contributed by atoms with E-state index in [0.717, 1.165) is 0 Å². The van der Waals surface area contributed by atoms with Gasteiger partial charge in [-0.2, -0.15) is 5.10 Å². The third-order valence-electron chi connectivity index (χ3n) is 3.33. The molecule has 94 valence electrons. The van der Waals surface area contributed by atoms with Crippen LogP contribution in [0.15, 0.2) is 18.3 Å². The van der Waals surface area contributed by atoms with E-state index >= 15 is 0 Å². The standard InChI is InChI=1S/C11H9ClFN3O2/c12-8-2-1-7-5-14-9(16(7)15-8)11(10(17)18)3-6(13)4-11/h1-2,5-6H,3-4H2,(H,17,18). The first-order chi connectivity index (χ1) is 8.53. The van der Waals surface area contributed by atoms with Crippen molar-refractivity contribution in [2.24, 2.45) is 0 Å². The maximum atomic E-state index is 13.1. The molecule has 1 aliphatic rings. The lowest BCUT2D eigenvalue weighted by atomic mass is 9.67. The Hall–Kier alpha value is -1.69. The predicted molar refractivity (Wildman–Crippen MR) is 61.4 cm³/mol. The first-order valence-electron chi connectivity index (χ1n) is 5.41. The number of hydrogen-bond acceptors (Lipinski definition) is 3. The van der Waals surface area contributed by atoms with E-state index in [2.05, 4.69) is 10.1 Å². The zero-order valence-corrected chi connectivity index (χ0v) is 9.93. The fraction of sp³-hybridized carbons (Fsp3) is 0.364. The number of carboxylic acids is 1. The van der Waals surface area contributed by atoms with Crippen molar-refractivity contribution < 1.29 is 14.3 Å². The van der Waals surface area contributed by atoms with Gasteiger partial charge in [-0.15, -0.1) is 0 Å². The van der Waals surface area contributed by atoms with Crippen molar-refractivity contribution in [1.29, 1.82) is 0 Å². The molecular weight excluding hydrogens is 261 g/mol. The second-order valence-corrected chi connectivity index (χ2v) is 4.85. The fourth-order valence-corrected chi connectivity index (χ4v) is 2.47. The van der Waals surface area contributed by atoms with Crippen LogP contribution in [0.1, 0.15) is 18.7 Å². The van der Waals surface area contributed by atoms with Crippen LogP contribution in [-0.4, -0.2) is 31.8 Å². The third kappa shape index (κ3) is 1.42. The summed E-state index contributed by atoms with van der Waals surface area (Å²) in [6.07, 6.45) is 0.257. The summed E-state index contributed by atoms with van der Waals surface area (Å²) in [7, 11) is 0. The van der Waals surface area contributed by atoms with E-state index in [1.54, 1.807) is 12.1 Å². The van der Waals surface area contributed by atoms with Gasteiger partial charge >= 0.3 is 5.97 Å². The molecule has 0 aromatic carbocycles. The van der Waals surface area contributed by atoms with Gasteiger partial charge in [0.1, 0.15) is 22.6 Å². The monoisotopic (exact) mass is 269 g/mol. The molecule has 0 atom stereocenters. The predicted octanol–water partition coefficient (Wildman–Crippen LogP) is 1.84. The van der Waals surface area contributed by atoms with Crippen molar-refractivity contribution in [3.05, 3.63) is 29.3 Å². The second-order valence-electron chi connectivity index (χ2n) is 4.47. The minimum Gasteiger partial charge on any atom is -0.480 e. The fourth-order valence-electron chi connectivity index (χ4n) is 2.34. The van der Waals surface area contributed by atoms with Gasteiger partial charge in [-0.1, -0.05) is 11.6 Å². The Bertz CT molecular complexity index is 636. The molecule has 2 heterocycles. The average molecular weight is 270 g/mol. The SMILES string of the molecule is O=C(O)C1(c2ncc3ccc(Cl)nn23)CC(F)C1. The van der Waals surface area contributed by atoms with Crippen molar-refractivity contribution in [2.75, 3.05) is 0 Å². The van der Waals surface area contributed by atoms with Gasteiger partial charge in [0.2, 0.25) is 0 Å². The quantitative estimate of drug-likeness (QED) is 0.903. The van der Waals surface area contributed by atoms with Crippen LogP contribution >= 0.6 is 11.6 Å². The Morgan fingerprint density at radius 3 is 2.89 bits per heavy atom. The van der Waals surface area contributed by atoms with Crippen LogP contribution in [0, 0.1) is 0 Å². The van der Waals surface area contributed by atoms with Crippen molar-refractivity contribution in [1.82, 2.24) is 14.6 Å². The number of carboxylic acid groups (broad SMARTS) is 1. The van der Waals surface area contributed by atoms with E-state index in [1.165, 1.54) is 10.7 Å². The molecule has 0 unspecified atom stereocenters. The Morgan fingerprint density at radius 1 is 1.56 bits per heavy atom. The summed E-state index contributed by atoms with van der Waals surface area (Å²) in [5.41, 5.74) is -0.652. The average Bonchev–Trinajstić information content (AvgIpc) is 2.67. The number of hydrogen-bond donors (Lipinski definition) is 1. The Labute approximate surface area is 106 Å². The Morgan fingerprint density at radius 2 is 2.28 bits per heavy atom. The Balaban J connectivity index is 2.19. The van der Waals surface area contributed by atoms with Gasteiger partial charge in [0.15, 0.2) is 0 Å². The van der Waals surface area contributed by atoms with Gasteiger partial charge in [-0.3, -0.25) is 4.79 Å². The number of imidazole rings is 1. The number of aliphatic carboxylic acids is 1. The molecule has 0 radical (unpaired) electrons. The third-order valence-corrected chi connectivity index (χ3v) is 3.53. The summed E-state index contributed by atoms with van der Waals surface area (Å²) < 4.78 is 14.5. The topological polar surface area (TPSA) is 67.5 Å². The van der Waals surface area contributed by atoms with Crippen LogP contribution in [0.4, 0.5) is 4.39 Å². The minimum atomic E-state index is -1.29. The lowest BCUT2D eigenvalue weighted by molar-refractivity contribution is -0.151. The molecule has 18 heavy (non-hydrogen) atoms. The largest absolute Gasteiger partial charge is 0.480 e. The van der Waals surface area contributed by atoms with Gasteiger partial charge in [-0.25, -0.2) is 13.9 Å². The van der Waals surface area contributed by atoms with Gasteiger partial charge in [-0.05, 0) is 12.1 Å². The summed E-state index contributed by atoms with van der Waals surface area (Å²) in [5, 5.41) is 13.6. The highest BCUT2D eigenvalue weighted by Gasteiger charge is 2.55. The van der Waals surface area contributed by atoms with Gasteiger partial charge in [0.05, 0.1) is 11.7 Å². The molecule has 1 saturated carbocycles. The summed E-state index contributed by atoms with van der Waals surface area (Å²) in [5.74, 6) is -0.841. The summed E-state index contributed by atoms with van der Waals surface area (Å²) in [6, 6.07) is 3.28. The number of aromatic nitrogens is 3. The number of nitrogens with zero attached hydrogens (tertiary/aromatic N) is 3. The number of fused-ring (bicyclic) bond motifs is 1. The molecule has 1 N–H and O–H groups in total. The zero-order chi connectivity index (χ0) is 12.9. The highest BCUT2D eigenvalue weighted by atomic mass is 35.5. The van der Waals surface area contributed by atoms with E-state index in [-0.39, 0.29) is 23.8 Å². The molecular formula is C11H9ClFN3O2. The number of alkyl halides is 1. The van der Waals surface area contributed by atoms with E-state index in [1.807, 2.05) is 0 Å². The maximum absolute atomic E-state index is 13.1. The van der Waals surface area contributed by atoms with Crippen LogP contribution in [0.3, 0.4) is 0 Å². The maximum Gasteiger partial charge on any atom is 0.317 e. The number of halogens is 2. The lowest BCUT2D eigenvalue weighted by Crippen LogP contribution is -2.50. The molecule has 1 aliphatic carbocycles. The summed E-state index contributed by atoms with van der Waals surface area (Å²) in [6.45, 7) is 0. The van der Waals surface area contributed by atoms with Crippen LogP contribution in [0.5, 0.6) is 0 Å². The minimum absolute atomic E-state index is 0.0738. The molecule has 3 rings (SSSR count). The molecule has 0 amide bonds. The highest BCUT2D eigenvalue weighted by molar-refractivity contribution is 6.29. The smallest absolute Gasteiger partial charge is 0.317 e. The molecule has 2 aromatic heterocycles. The van der Waals surface area contributed by atoms with Crippen molar-refractivity contribution >= 4 is 23.1 Å². The zero-order valence-electron chi connectivity index (χ0n) is 9.18. The molecule has 0 aliphatic heterocycles. The van der Waals surface area contributed by atoms with Gasteiger partial charge in [0.25, 0.3) is 0 Å². The van der Waals surface area contributed by atoms with E-state index in [0.29, 0.717) is 5.52 Å². The van der Waals surface area contributed by atoms with Gasteiger partial charge < -0.3 is 5.11 Å². The van der Waals surface area contributed by atoms with Crippen LogP contribution < -0.4 is 0 Å². The normalized spacial score (nSPS) is 27.1. The van der Waals surface area contributed by atoms with Crippen LogP contribution in [0.25, 0.3) is 5.52 Å². The second kappa shape index (κ2) is 3.65. The van der Waals surface area contributed by atoms with Gasteiger partial charge in [0, 0.05) is 12.8 Å². The number of carbonyl (C=O) groups is 1. The molecule has 7 heteroatoms. The molecule has 0 saturated heterocycles. The molecule has 0 spiro atoms. The van der Waals surface area contributed by atoms with Crippen LogP contribution in [-0.2, 0) is 10.2 Å². The van der Waals surface area contributed by atoms with E-state index in [4.69, 9.17) is 11.6 Å². The van der Waals surface area contributed by atoms with Crippen molar-refractivity contribution in [3.63, 3.8) is 0 Å². The lowest BCUT2D eigenvalue weighted by Gasteiger charge is -2.38. The first-order valence-corrected chi connectivity index (χ1v) is 5.79. The highest BCUT2D eigenvalue weighted by Crippen LogP contribution is 2.45. The summed E-state index contributed by atoms with van der Waals surface area (Å²) in [4.78, 5) is 15.5. The molecule has 0 bridgehead atoms. The van der Waals surface area contributed by atoms with Crippen molar-refractivity contribution in [2.45, 2.75) is 24.4 Å². The molecule has 2 aromatic rings. The van der Waals surface area contributed by atoms with E-state index < -0.39 is 17.6 Å². The van der Waals surface area contributed by atoms with Crippen LogP contribution in [0.2, 0.25) is 5.15 Å². The first kappa shape index (κ1) is 11.4. The summed E-state index contributed by atoms with van der Waals surface area (Å²) >= 11 is 5.79. The Kier molecular flexibility index (Phi) is 2.31. The number of rotatable bonds is 2. The molecule has 5 nitrogen and oxygen atoms in total. The van der Waals surface area contributed by atoms with E-state index in [9.17, 15) is 14.3 Å². The molecule has 1 fully saturated rings.